The molecule has 0 radical (unpaired) electrons. The fraction of sp³-hybridized carbons (Fsp3) is 0.133. The van der Waals surface area contributed by atoms with E-state index >= 15 is 0 Å². The fourth-order valence-electron chi connectivity index (χ4n) is 1.66. The summed E-state index contributed by atoms with van der Waals surface area (Å²) < 4.78 is 4.78. The first kappa shape index (κ1) is 15.7. The molecule has 2 amide bonds. The molecular weight excluding hydrogens is 306 g/mol. The molecule has 0 bridgehead atoms. The molecule has 0 atom stereocenters. The number of para-hydroxylation sites is 1. The van der Waals surface area contributed by atoms with Crippen molar-refractivity contribution in [3.63, 3.8) is 0 Å². The number of aryl methyl sites for hydroxylation is 1. The first-order valence-electron chi connectivity index (χ1n) is 6.32. The molecule has 0 saturated heterocycles. The van der Waals surface area contributed by atoms with Crippen LogP contribution < -0.4 is 5.32 Å². The summed E-state index contributed by atoms with van der Waals surface area (Å²) in [5.41, 5.74) is 0.490. The molecule has 2 rings (SSSR count). The van der Waals surface area contributed by atoms with Crippen LogP contribution in [-0.2, 0) is 9.53 Å². The number of phenolic OH excluding ortho intramolecular Hbond substituents is 1. The van der Waals surface area contributed by atoms with Gasteiger partial charge in [0, 0.05) is 0 Å². The van der Waals surface area contributed by atoms with E-state index in [4.69, 9.17) is 4.74 Å². The minimum absolute atomic E-state index is 0.0302. The number of carbonyl (C=O) groups is 3. The summed E-state index contributed by atoms with van der Waals surface area (Å²) in [6.45, 7) is 1.03. The molecule has 0 spiro atoms. The number of carbonyl (C=O) groups excluding carboxylic acids is 3. The van der Waals surface area contributed by atoms with Gasteiger partial charge in [-0.3, -0.25) is 14.9 Å². The van der Waals surface area contributed by atoms with Crippen molar-refractivity contribution in [1.29, 1.82) is 0 Å². The number of esters is 1. The summed E-state index contributed by atoms with van der Waals surface area (Å²) in [4.78, 5) is 35.4. The standard InChI is InChI=1S/C15H13NO5S/c1-9-4-2-5-10(13(9)18)15(20)21-8-12(17)16-14(19)11-6-3-7-22-11/h2-7,18H,8H2,1H3,(H,16,17,19). The molecule has 6 nitrogen and oxygen atoms in total. The molecule has 2 aromatic rings. The van der Waals surface area contributed by atoms with Crippen molar-refractivity contribution in [1.82, 2.24) is 5.32 Å². The smallest absolute Gasteiger partial charge is 0.342 e. The fourth-order valence-corrected chi connectivity index (χ4v) is 2.28. The van der Waals surface area contributed by atoms with Crippen molar-refractivity contribution in [3.05, 3.63) is 51.7 Å². The Hall–Kier alpha value is -2.67. The SMILES string of the molecule is Cc1cccc(C(=O)OCC(=O)NC(=O)c2cccs2)c1O. The van der Waals surface area contributed by atoms with Crippen LogP contribution in [0.3, 0.4) is 0 Å². The second-order valence-corrected chi connectivity index (χ2v) is 5.35. The van der Waals surface area contributed by atoms with Crippen LogP contribution in [0.1, 0.15) is 25.6 Å². The summed E-state index contributed by atoms with van der Waals surface area (Å²) in [5, 5.41) is 13.6. The average molecular weight is 319 g/mol. The van der Waals surface area contributed by atoms with Crippen LogP contribution in [0.5, 0.6) is 5.75 Å². The highest BCUT2D eigenvalue weighted by Crippen LogP contribution is 2.21. The number of amides is 2. The van der Waals surface area contributed by atoms with Crippen molar-refractivity contribution in [2.45, 2.75) is 6.92 Å². The molecule has 0 fully saturated rings. The van der Waals surface area contributed by atoms with E-state index in [0.29, 0.717) is 10.4 Å². The zero-order chi connectivity index (χ0) is 16.1. The topological polar surface area (TPSA) is 92.7 Å². The van der Waals surface area contributed by atoms with Gasteiger partial charge in [0.25, 0.3) is 11.8 Å². The number of phenols is 1. The number of nitrogens with one attached hydrogen (secondary N) is 1. The summed E-state index contributed by atoms with van der Waals surface area (Å²) in [6, 6.07) is 7.87. The van der Waals surface area contributed by atoms with Gasteiger partial charge in [-0.2, -0.15) is 0 Å². The van der Waals surface area contributed by atoms with Gasteiger partial charge >= 0.3 is 5.97 Å². The average Bonchev–Trinajstić information content (AvgIpc) is 3.02. The molecule has 22 heavy (non-hydrogen) atoms. The summed E-state index contributed by atoms with van der Waals surface area (Å²) in [5.74, 6) is -2.31. The van der Waals surface area contributed by atoms with Crippen molar-refractivity contribution >= 4 is 29.1 Å². The van der Waals surface area contributed by atoms with Gasteiger partial charge in [-0.25, -0.2) is 4.79 Å². The number of rotatable bonds is 4. The third kappa shape index (κ3) is 3.70. The molecule has 1 aromatic heterocycles. The van der Waals surface area contributed by atoms with Crippen molar-refractivity contribution in [2.75, 3.05) is 6.61 Å². The van der Waals surface area contributed by atoms with Crippen LogP contribution in [0, 0.1) is 6.92 Å². The van der Waals surface area contributed by atoms with Gasteiger partial charge in [-0.05, 0) is 30.0 Å². The number of hydrogen-bond donors (Lipinski definition) is 2. The van der Waals surface area contributed by atoms with Crippen LogP contribution in [0.2, 0.25) is 0 Å². The Morgan fingerprint density at radius 1 is 1.23 bits per heavy atom. The van der Waals surface area contributed by atoms with Crippen molar-refractivity contribution in [3.8, 4) is 5.75 Å². The Balaban J connectivity index is 1.89. The van der Waals surface area contributed by atoms with E-state index in [1.165, 1.54) is 17.4 Å². The lowest BCUT2D eigenvalue weighted by Crippen LogP contribution is -2.33. The first-order valence-corrected chi connectivity index (χ1v) is 7.20. The first-order chi connectivity index (χ1) is 10.5. The normalized spacial score (nSPS) is 10.0. The highest BCUT2D eigenvalue weighted by Gasteiger charge is 2.17. The molecule has 0 unspecified atom stereocenters. The number of imide groups is 1. The number of thiophene rings is 1. The maximum absolute atomic E-state index is 11.8. The van der Waals surface area contributed by atoms with E-state index in [1.54, 1.807) is 36.6 Å². The lowest BCUT2D eigenvalue weighted by atomic mass is 10.1. The van der Waals surface area contributed by atoms with Gasteiger partial charge < -0.3 is 9.84 Å². The van der Waals surface area contributed by atoms with Crippen LogP contribution in [-0.4, -0.2) is 29.5 Å². The van der Waals surface area contributed by atoms with Gasteiger partial charge in [0.15, 0.2) is 6.61 Å². The van der Waals surface area contributed by atoms with Crippen LogP contribution in [0.25, 0.3) is 0 Å². The van der Waals surface area contributed by atoms with E-state index in [2.05, 4.69) is 5.32 Å². The largest absolute Gasteiger partial charge is 0.507 e. The Morgan fingerprint density at radius 2 is 2.00 bits per heavy atom. The quantitative estimate of drug-likeness (QED) is 0.839. The molecule has 1 heterocycles. The van der Waals surface area contributed by atoms with E-state index < -0.39 is 24.4 Å². The van der Waals surface area contributed by atoms with Crippen LogP contribution in [0.4, 0.5) is 0 Å². The lowest BCUT2D eigenvalue weighted by Gasteiger charge is -2.07. The summed E-state index contributed by atoms with van der Waals surface area (Å²) >= 11 is 1.19. The Morgan fingerprint density at radius 3 is 2.68 bits per heavy atom. The van der Waals surface area contributed by atoms with Gasteiger partial charge in [0.1, 0.15) is 11.3 Å². The van der Waals surface area contributed by atoms with Gasteiger partial charge in [0.05, 0.1) is 4.88 Å². The number of ether oxygens (including phenoxy) is 1. The molecule has 2 N–H and O–H groups in total. The van der Waals surface area contributed by atoms with E-state index in [0.717, 1.165) is 0 Å². The third-order valence-corrected chi connectivity index (χ3v) is 3.66. The van der Waals surface area contributed by atoms with E-state index in [1.807, 2.05) is 0 Å². The van der Waals surface area contributed by atoms with E-state index in [-0.39, 0.29) is 11.3 Å². The second kappa shape index (κ2) is 6.86. The summed E-state index contributed by atoms with van der Waals surface area (Å²) in [6.07, 6.45) is 0. The number of benzene rings is 1. The predicted molar refractivity (Wildman–Crippen MR) is 79.9 cm³/mol. The molecule has 1 aromatic carbocycles. The van der Waals surface area contributed by atoms with Crippen molar-refractivity contribution < 1.29 is 24.2 Å². The van der Waals surface area contributed by atoms with Gasteiger partial charge in [0.2, 0.25) is 0 Å². The van der Waals surface area contributed by atoms with Gasteiger partial charge in [-0.1, -0.05) is 18.2 Å². The van der Waals surface area contributed by atoms with Crippen LogP contribution >= 0.6 is 11.3 Å². The Kier molecular flexibility index (Phi) is 4.90. The third-order valence-electron chi connectivity index (χ3n) is 2.79. The monoisotopic (exact) mass is 319 g/mol. The number of hydrogen-bond acceptors (Lipinski definition) is 6. The molecule has 0 aliphatic rings. The van der Waals surface area contributed by atoms with Crippen molar-refractivity contribution in [2.24, 2.45) is 0 Å². The highest BCUT2D eigenvalue weighted by atomic mass is 32.1. The Labute approximate surface area is 130 Å². The molecule has 7 heteroatoms. The molecular formula is C15H13NO5S. The lowest BCUT2D eigenvalue weighted by molar-refractivity contribution is -0.123. The molecule has 0 aliphatic carbocycles. The van der Waals surface area contributed by atoms with Gasteiger partial charge in [-0.15, -0.1) is 11.3 Å². The predicted octanol–water partition coefficient (Wildman–Crippen LogP) is 1.88. The maximum Gasteiger partial charge on any atom is 0.342 e. The summed E-state index contributed by atoms with van der Waals surface area (Å²) in [7, 11) is 0. The Bertz CT molecular complexity index is 709. The zero-order valence-corrected chi connectivity index (χ0v) is 12.5. The molecule has 0 aliphatic heterocycles. The minimum atomic E-state index is -0.833. The highest BCUT2D eigenvalue weighted by molar-refractivity contribution is 7.12. The zero-order valence-electron chi connectivity index (χ0n) is 11.7. The molecule has 114 valence electrons. The maximum atomic E-state index is 11.8. The van der Waals surface area contributed by atoms with E-state index in [9.17, 15) is 19.5 Å². The second-order valence-electron chi connectivity index (χ2n) is 4.40. The minimum Gasteiger partial charge on any atom is -0.507 e. The number of aromatic hydroxyl groups is 1. The molecule has 0 saturated carbocycles. The van der Waals surface area contributed by atoms with Crippen LogP contribution in [0.15, 0.2) is 35.7 Å².